The Morgan fingerprint density at radius 1 is 0.381 bits per heavy atom. The van der Waals surface area contributed by atoms with Crippen LogP contribution >= 0.6 is 11.3 Å². The number of nitrogens with zero attached hydrogens (tertiary/aromatic N) is 1. The van der Waals surface area contributed by atoms with Gasteiger partial charge < -0.3 is 4.57 Å². The van der Waals surface area contributed by atoms with Crippen molar-refractivity contribution in [2.24, 2.45) is 0 Å². The molecule has 196 valence electrons. The maximum Gasteiger partial charge on any atom is 0.0727 e. The summed E-state index contributed by atoms with van der Waals surface area (Å²) in [7, 11) is 0. The van der Waals surface area contributed by atoms with Crippen molar-refractivity contribution in [1.29, 1.82) is 0 Å². The van der Waals surface area contributed by atoms with Crippen LogP contribution < -0.4 is 0 Å². The number of thiophene rings is 1. The van der Waals surface area contributed by atoms with Crippen molar-refractivity contribution in [3.63, 3.8) is 0 Å². The van der Waals surface area contributed by atoms with Crippen LogP contribution in [0.4, 0.5) is 0 Å². The summed E-state index contributed by atoms with van der Waals surface area (Å²) < 4.78 is 5.17. The second-order valence-corrected chi connectivity index (χ2v) is 11.9. The minimum Gasteiger partial charge on any atom is -0.307 e. The lowest BCUT2D eigenvalue weighted by Crippen LogP contribution is -1.97. The highest BCUT2D eigenvalue weighted by Gasteiger charge is 2.23. The normalized spacial score (nSPS) is 11.8. The molecule has 0 aliphatic carbocycles. The molecule has 0 saturated carbocycles. The van der Waals surface area contributed by atoms with E-state index in [9.17, 15) is 0 Å². The maximum absolute atomic E-state index is 2.51. The van der Waals surface area contributed by atoms with E-state index in [-0.39, 0.29) is 0 Å². The summed E-state index contributed by atoms with van der Waals surface area (Å²) >= 11 is 1.90. The van der Waals surface area contributed by atoms with E-state index in [4.69, 9.17) is 0 Å². The highest BCUT2D eigenvalue weighted by atomic mass is 32.1. The van der Waals surface area contributed by atoms with Gasteiger partial charge in [0.25, 0.3) is 0 Å². The lowest BCUT2D eigenvalue weighted by molar-refractivity contribution is 1.19. The van der Waals surface area contributed by atoms with Crippen molar-refractivity contribution in [2.75, 3.05) is 0 Å². The van der Waals surface area contributed by atoms with E-state index in [2.05, 4.69) is 156 Å². The minimum absolute atomic E-state index is 1.18. The number of benzene rings is 7. The fourth-order valence-electron chi connectivity index (χ4n) is 6.89. The largest absolute Gasteiger partial charge is 0.307 e. The maximum atomic E-state index is 2.51. The lowest BCUT2D eigenvalue weighted by Gasteiger charge is -2.19. The van der Waals surface area contributed by atoms with Gasteiger partial charge in [-0.15, -0.1) is 11.3 Å². The third-order valence-corrected chi connectivity index (χ3v) is 9.77. The topological polar surface area (TPSA) is 4.93 Å². The minimum atomic E-state index is 1.18. The number of aromatic nitrogens is 1. The summed E-state index contributed by atoms with van der Waals surface area (Å²) in [6.45, 7) is 0. The van der Waals surface area contributed by atoms with Crippen molar-refractivity contribution in [2.45, 2.75) is 0 Å². The van der Waals surface area contributed by atoms with Gasteiger partial charge in [-0.05, 0) is 56.4 Å². The first-order valence-corrected chi connectivity index (χ1v) is 15.2. The average molecular weight is 552 g/mol. The molecule has 1 nitrogen and oxygen atoms in total. The predicted molar refractivity (Wildman–Crippen MR) is 182 cm³/mol. The van der Waals surface area contributed by atoms with Crippen LogP contribution in [0, 0.1) is 0 Å². The lowest BCUT2D eigenvalue weighted by atomic mass is 9.85. The van der Waals surface area contributed by atoms with Gasteiger partial charge in [0.05, 0.1) is 15.7 Å². The monoisotopic (exact) mass is 551 g/mol. The Bertz CT molecular complexity index is 2390. The molecule has 0 aliphatic rings. The molecule has 2 aromatic heterocycles. The van der Waals surface area contributed by atoms with Crippen LogP contribution in [0.15, 0.2) is 152 Å². The van der Waals surface area contributed by atoms with Crippen molar-refractivity contribution < 1.29 is 0 Å². The van der Waals surface area contributed by atoms with Gasteiger partial charge in [0.15, 0.2) is 0 Å². The van der Waals surface area contributed by atoms with E-state index in [1.165, 1.54) is 80.7 Å². The van der Waals surface area contributed by atoms with Gasteiger partial charge in [-0.25, -0.2) is 0 Å². The summed E-state index contributed by atoms with van der Waals surface area (Å²) in [6.07, 6.45) is 0. The third kappa shape index (κ3) is 3.30. The van der Waals surface area contributed by atoms with Crippen LogP contribution in [0.25, 0.3) is 80.7 Å². The van der Waals surface area contributed by atoms with Crippen LogP contribution in [-0.4, -0.2) is 4.57 Å². The number of hydrogen-bond acceptors (Lipinski definition) is 1. The summed E-state index contributed by atoms with van der Waals surface area (Å²) in [5.74, 6) is 0. The Labute approximate surface area is 247 Å². The molecular formula is C40H25NS. The summed E-state index contributed by atoms with van der Waals surface area (Å²) in [5.41, 5.74) is 8.83. The predicted octanol–water partition coefficient (Wildman–Crippen LogP) is 11.6. The summed E-state index contributed by atoms with van der Waals surface area (Å²) in [5, 5.41) is 7.71. The second kappa shape index (κ2) is 9.17. The van der Waals surface area contributed by atoms with E-state index in [0.29, 0.717) is 0 Å². The van der Waals surface area contributed by atoms with E-state index < -0.39 is 0 Å². The van der Waals surface area contributed by atoms with Gasteiger partial charge in [0.2, 0.25) is 0 Å². The Kier molecular flexibility index (Phi) is 5.13. The molecule has 7 aromatic carbocycles. The first kappa shape index (κ1) is 23.5. The molecule has 0 radical (unpaired) electrons. The molecule has 42 heavy (non-hydrogen) atoms. The molecule has 0 saturated heterocycles. The van der Waals surface area contributed by atoms with Crippen LogP contribution in [0.2, 0.25) is 0 Å². The molecule has 0 atom stereocenters. The van der Waals surface area contributed by atoms with Crippen LogP contribution in [-0.2, 0) is 0 Å². The van der Waals surface area contributed by atoms with Gasteiger partial charge in [-0.3, -0.25) is 0 Å². The van der Waals surface area contributed by atoms with Crippen LogP contribution in [0.5, 0.6) is 0 Å². The molecule has 0 spiro atoms. The summed E-state index contributed by atoms with van der Waals surface area (Å²) in [6, 6.07) is 55.2. The van der Waals surface area contributed by atoms with E-state index in [1.54, 1.807) is 0 Å². The highest BCUT2D eigenvalue weighted by molar-refractivity contribution is 7.26. The van der Waals surface area contributed by atoms with Gasteiger partial charge in [0, 0.05) is 26.7 Å². The van der Waals surface area contributed by atoms with Gasteiger partial charge >= 0.3 is 0 Å². The van der Waals surface area contributed by atoms with Crippen LogP contribution in [0.3, 0.4) is 0 Å². The first-order valence-electron chi connectivity index (χ1n) is 14.4. The molecule has 2 heteroatoms. The van der Waals surface area contributed by atoms with Crippen molar-refractivity contribution in [1.82, 2.24) is 4.57 Å². The molecule has 0 N–H and O–H groups in total. The Balaban J connectivity index is 1.51. The molecule has 9 rings (SSSR count). The van der Waals surface area contributed by atoms with Crippen molar-refractivity contribution in [3.05, 3.63) is 152 Å². The second-order valence-electron chi connectivity index (χ2n) is 10.9. The summed E-state index contributed by atoms with van der Waals surface area (Å²) in [4.78, 5) is 0. The highest BCUT2D eigenvalue weighted by Crippen LogP contribution is 2.49. The van der Waals surface area contributed by atoms with Gasteiger partial charge in [-0.2, -0.15) is 0 Å². The molecule has 0 fully saturated rings. The quantitative estimate of drug-likeness (QED) is 0.192. The number of rotatable bonds is 3. The standard InChI is InChI=1S/C40H25NS/c1-3-14-26(15-4-1)36-28-18-7-9-20-30(28)37(31-21-10-8-19-29(31)36)33-23-13-24-34-38(33)41(27-16-5-2-6-17-27)39-32-22-11-12-25-35(32)42-40(34)39/h1-25H. The van der Waals surface area contributed by atoms with Gasteiger partial charge in [-0.1, -0.05) is 133 Å². The van der Waals surface area contributed by atoms with Crippen molar-refractivity contribution in [3.8, 4) is 27.9 Å². The fourth-order valence-corrected chi connectivity index (χ4v) is 8.10. The number of para-hydroxylation sites is 2. The molecule has 2 heterocycles. The van der Waals surface area contributed by atoms with Gasteiger partial charge in [0.1, 0.15) is 0 Å². The third-order valence-electron chi connectivity index (χ3n) is 8.57. The Morgan fingerprint density at radius 2 is 0.905 bits per heavy atom. The molecular weight excluding hydrogens is 527 g/mol. The number of fused-ring (bicyclic) bond motifs is 7. The van der Waals surface area contributed by atoms with E-state index in [0.717, 1.165) is 0 Å². The Morgan fingerprint density at radius 3 is 1.57 bits per heavy atom. The molecule has 0 amide bonds. The average Bonchev–Trinajstić information content (AvgIpc) is 3.59. The molecule has 0 aliphatic heterocycles. The fraction of sp³-hybridized carbons (Fsp3) is 0. The molecule has 0 bridgehead atoms. The molecule has 0 unspecified atom stereocenters. The zero-order chi connectivity index (χ0) is 27.6. The Hall–Kier alpha value is -5.18. The van der Waals surface area contributed by atoms with E-state index in [1.807, 2.05) is 11.3 Å². The number of hydrogen-bond donors (Lipinski definition) is 0. The first-order chi connectivity index (χ1) is 20.9. The van der Waals surface area contributed by atoms with Crippen molar-refractivity contribution >= 4 is 64.1 Å². The smallest absolute Gasteiger partial charge is 0.0727 e. The zero-order valence-electron chi connectivity index (χ0n) is 22.8. The molecule has 9 aromatic rings. The van der Waals surface area contributed by atoms with E-state index >= 15 is 0 Å². The van der Waals surface area contributed by atoms with Crippen LogP contribution in [0.1, 0.15) is 0 Å². The zero-order valence-corrected chi connectivity index (χ0v) is 23.6. The SMILES string of the molecule is c1ccc(-c2c3ccccc3c(-c3cccc4c5sc6ccccc6c5n(-c5ccccc5)c34)c3ccccc23)cc1.